The lowest BCUT2D eigenvalue weighted by atomic mass is 10.1. The van der Waals surface area contributed by atoms with Gasteiger partial charge in [-0.15, -0.1) is 0 Å². The van der Waals surface area contributed by atoms with Gasteiger partial charge in [0, 0.05) is 11.6 Å². The van der Waals surface area contributed by atoms with E-state index in [1.807, 2.05) is 0 Å². The molecule has 2 amide bonds. The van der Waals surface area contributed by atoms with Crippen LogP contribution in [0.1, 0.15) is 6.42 Å². The zero-order chi connectivity index (χ0) is 14.8. The van der Waals surface area contributed by atoms with Crippen LogP contribution in [0.15, 0.2) is 18.2 Å². The highest BCUT2D eigenvalue weighted by Gasteiger charge is 2.27. The van der Waals surface area contributed by atoms with Gasteiger partial charge in [-0.2, -0.15) is 0 Å². The molecule has 1 heterocycles. The molecule has 0 saturated carbocycles. The van der Waals surface area contributed by atoms with Crippen LogP contribution in [0.2, 0.25) is 10.0 Å². The molecule has 0 spiro atoms. The molecule has 1 aromatic rings. The minimum atomic E-state index is -2.92. The summed E-state index contributed by atoms with van der Waals surface area (Å²) in [6.07, 6.45) is 0.584. The van der Waals surface area contributed by atoms with E-state index >= 15 is 0 Å². The fourth-order valence-corrected chi connectivity index (χ4v) is 4.23. The fourth-order valence-electron chi connectivity index (χ4n) is 2.03. The first-order valence-electron chi connectivity index (χ1n) is 6.06. The largest absolute Gasteiger partial charge is 0.338 e. The molecule has 20 heavy (non-hydrogen) atoms. The number of hydrogen-bond donors (Lipinski definition) is 2. The molecule has 5 nitrogen and oxygen atoms in total. The summed E-state index contributed by atoms with van der Waals surface area (Å²) in [6.45, 7) is 0.323. The lowest BCUT2D eigenvalue weighted by Crippen LogP contribution is -2.33. The molecule has 1 unspecified atom stereocenters. The van der Waals surface area contributed by atoms with Gasteiger partial charge in [-0.05, 0) is 30.5 Å². The maximum Gasteiger partial charge on any atom is 0.319 e. The number of sulfone groups is 1. The van der Waals surface area contributed by atoms with E-state index in [4.69, 9.17) is 23.2 Å². The number of anilines is 1. The van der Waals surface area contributed by atoms with Crippen LogP contribution >= 0.6 is 23.2 Å². The second kappa shape index (κ2) is 6.20. The van der Waals surface area contributed by atoms with E-state index in [2.05, 4.69) is 10.6 Å². The summed E-state index contributed by atoms with van der Waals surface area (Å²) in [5, 5.41) is 6.07. The fraction of sp³-hybridized carbons (Fsp3) is 0.417. The number of hydrogen-bond acceptors (Lipinski definition) is 3. The Morgan fingerprint density at radius 2 is 2.10 bits per heavy atom. The molecule has 1 atom stereocenters. The van der Waals surface area contributed by atoms with E-state index in [0.29, 0.717) is 28.7 Å². The highest BCUT2D eigenvalue weighted by molar-refractivity contribution is 7.91. The molecule has 110 valence electrons. The normalized spacial score (nSPS) is 20.6. The second-order valence-electron chi connectivity index (χ2n) is 4.73. The molecular formula is C12H14Cl2N2O3S. The van der Waals surface area contributed by atoms with E-state index in [0.717, 1.165) is 0 Å². The van der Waals surface area contributed by atoms with Gasteiger partial charge < -0.3 is 10.6 Å². The number of halogens is 2. The summed E-state index contributed by atoms with van der Waals surface area (Å²) < 4.78 is 22.6. The van der Waals surface area contributed by atoms with Crippen molar-refractivity contribution in [3.63, 3.8) is 0 Å². The number of amides is 2. The van der Waals surface area contributed by atoms with Crippen molar-refractivity contribution in [1.29, 1.82) is 0 Å². The van der Waals surface area contributed by atoms with Gasteiger partial charge >= 0.3 is 6.03 Å². The predicted octanol–water partition coefficient (Wildman–Crippen LogP) is 2.55. The van der Waals surface area contributed by atoms with Crippen molar-refractivity contribution in [1.82, 2.24) is 5.32 Å². The minimum Gasteiger partial charge on any atom is -0.338 e. The van der Waals surface area contributed by atoms with Crippen LogP contribution in [0.25, 0.3) is 0 Å². The molecule has 0 aromatic heterocycles. The van der Waals surface area contributed by atoms with E-state index in [9.17, 15) is 13.2 Å². The van der Waals surface area contributed by atoms with E-state index in [1.54, 1.807) is 18.2 Å². The van der Waals surface area contributed by atoms with Gasteiger partial charge in [-0.1, -0.05) is 23.2 Å². The molecule has 2 rings (SSSR count). The van der Waals surface area contributed by atoms with Crippen LogP contribution in [0, 0.1) is 5.92 Å². The summed E-state index contributed by atoms with van der Waals surface area (Å²) >= 11 is 11.7. The number of nitrogens with one attached hydrogen (secondary N) is 2. The highest BCUT2D eigenvalue weighted by atomic mass is 35.5. The predicted molar refractivity (Wildman–Crippen MR) is 80.2 cm³/mol. The first-order valence-corrected chi connectivity index (χ1v) is 8.64. The van der Waals surface area contributed by atoms with Crippen molar-refractivity contribution in [2.75, 3.05) is 23.4 Å². The lowest BCUT2D eigenvalue weighted by molar-refractivity contribution is 0.250. The molecule has 1 fully saturated rings. The number of benzene rings is 1. The van der Waals surface area contributed by atoms with Crippen molar-refractivity contribution in [2.45, 2.75) is 6.42 Å². The first kappa shape index (κ1) is 15.4. The highest BCUT2D eigenvalue weighted by Crippen LogP contribution is 2.25. The number of rotatable bonds is 3. The van der Waals surface area contributed by atoms with Crippen LogP contribution in [0.4, 0.5) is 10.5 Å². The lowest BCUT2D eigenvalue weighted by Gasteiger charge is -2.12. The molecule has 0 radical (unpaired) electrons. The summed E-state index contributed by atoms with van der Waals surface area (Å²) in [6, 6.07) is 4.32. The van der Waals surface area contributed by atoms with Crippen molar-refractivity contribution in [3.05, 3.63) is 28.2 Å². The maximum absolute atomic E-state index is 11.7. The summed E-state index contributed by atoms with van der Waals surface area (Å²) in [4.78, 5) is 11.7. The van der Waals surface area contributed by atoms with Crippen LogP contribution < -0.4 is 10.6 Å². The van der Waals surface area contributed by atoms with Crippen molar-refractivity contribution >= 4 is 44.8 Å². The van der Waals surface area contributed by atoms with E-state index in [-0.39, 0.29) is 17.4 Å². The molecule has 1 aromatic carbocycles. The minimum absolute atomic E-state index is 0.0272. The maximum atomic E-state index is 11.7. The smallest absolute Gasteiger partial charge is 0.319 e. The van der Waals surface area contributed by atoms with Gasteiger partial charge in [-0.3, -0.25) is 0 Å². The average Bonchev–Trinajstić information content (AvgIpc) is 2.71. The SMILES string of the molecule is O=C(NCC1CCS(=O)(=O)C1)Nc1cc(Cl)ccc1Cl. The Balaban J connectivity index is 1.85. The van der Waals surface area contributed by atoms with E-state index < -0.39 is 15.9 Å². The number of carbonyl (C=O) groups is 1. The molecule has 1 aliphatic rings. The van der Waals surface area contributed by atoms with Gasteiger partial charge in [0.25, 0.3) is 0 Å². The molecule has 1 saturated heterocycles. The van der Waals surface area contributed by atoms with Gasteiger partial charge in [0.05, 0.1) is 22.2 Å². The van der Waals surface area contributed by atoms with Gasteiger partial charge in [-0.25, -0.2) is 13.2 Å². The molecule has 1 aliphatic heterocycles. The third-order valence-corrected chi connectivity index (χ3v) is 5.46. The zero-order valence-corrected chi connectivity index (χ0v) is 12.9. The third kappa shape index (κ3) is 4.26. The molecular weight excluding hydrogens is 323 g/mol. The molecule has 0 bridgehead atoms. The molecule has 2 N–H and O–H groups in total. The molecule has 0 aliphatic carbocycles. The van der Waals surface area contributed by atoms with Crippen LogP contribution in [-0.2, 0) is 9.84 Å². The van der Waals surface area contributed by atoms with Crippen molar-refractivity contribution in [3.8, 4) is 0 Å². The quantitative estimate of drug-likeness (QED) is 0.890. The Hall–Kier alpha value is -0.980. The van der Waals surface area contributed by atoms with Crippen molar-refractivity contribution < 1.29 is 13.2 Å². The van der Waals surface area contributed by atoms with Crippen LogP contribution in [0.5, 0.6) is 0 Å². The van der Waals surface area contributed by atoms with E-state index in [1.165, 1.54) is 0 Å². The Kier molecular flexibility index (Phi) is 4.78. The number of carbonyl (C=O) groups excluding carboxylic acids is 1. The summed E-state index contributed by atoms with van der Waals surface area (Å²) in [7, 11) is -2.92. The van der Waals surface area contributed by atoms with Crippen molar-refractivity contribution in [2.24, 2.45) is 5.92 Å². The monoisotopic (exact) mass is 336 g/mol. The van der Waals surface area contributed by atoms with Gasteiger partial charge in [0.1, 0.15) is 0 Å². The topological polar surface area (TPSA) is 75.3 Å². The average molecular weight is 337 g/mol. The standard InChI is InChI=1S/C12H14Cl2N2O3S/c13-9-1-2-10(14)11(5-9)16-12(17)15-6-8-3-4-20(18,19)7-8/h1-2,5,8H,3-4,6-7H2,(H2,15,16,17). The number of urea groups is 1. The Labute approximate surface area is 127 Å². The molecule has 8 heteroatoms. The Bertz CT molecular complexity index is 619. The Morgan fingerprint density at radius 3 is 2.75 bits per heavy atom. The van der Waals surface area contributed by atoms with Gasteiger partial charge in [0.2, 0.25) is 0 Å². The van der Waals surface area contributed by atoms with Crippen LogP contribution in [0.3, 0.4) is 0 Å². The zero-order valence-electron chi connectivity index (χ0n) is 10.5. The third-order valence-electron chi connectivity index (χ3n) is 3.05. The summed E-state index contributed by atoms with van der Waals surface area (Å²) in [5.41, 5.74) is 0.413. The van der Waals surface area contributed by atoms with Crippen LogP contribution in [-0.4, -0.2) is 32.5 Å². The Morgan fingerprint density at radius 1 is 1.35 bits per heavy atom. The second-order valence-corrected chi connectivity index (χ2v) is 7.80. The summed E-state index contributed by atoms with van der Waals surface area (Å²) in [5.74, 6) is 0.298. The van der Waals surface area contributed by atoms with Gasteiger partial charge in [0.15, 0.2) is 9.84 Å². The first-order chi connectivity index (χ1) is 9.35.